The average Bonchev–Trinajstić information content (AvgIpc) is 3.64. The molecule has 0 saturated heterocycles. The summed E-state index contributed by atoms with van der Waals surface area (Å²) in [5.74, 6) is 16.7. The highest BCUT2D eigenvalue weighted by molar-refractivity contribution is 5.77. The molecule has 4 aliphatic rings. The van der Waals surface area contributed by atoms with Crippen molar-refractivity contribution in [1.82, 2.24) is 10.6 Å². The lowest BCUT2D eigenvalue weighted by Crippen LogP contribution is -2.49. The Labute approximate surface area is 223 Å². The van der Waals surface area contributed by atoms with Gasteiger partial charge in [0.25, 0.3) is 0 Å². The van der Waals surface area contributed by atoms with Crippen LogP contribution in [0, 0.1) is 59.2 Å². The molecule has 0 aromatic heterocycles. The van der Waals surface area contributed by atoms with Gasteiger partial charge in [0.15, 0.2) is 0 Å². The molecule has 2 saturated carbocycles. The summed E-state index contributed by atoms with van der Waals surface area (Å²) in [6.07, 6.45) is 9.32. The molecule has 0 heterocycles. The van der Waals surface area contributed by atoms with Gasteiger partial charge in [-0.15, -0.1) is 23.7 Å². The Morgan fingerprint density at radius 2 is 1.32 bits per heavy atom. The maximum Gasteiger partial charge on any atom is 0.407 e. The van der Waals surface area contributed by atoms with Crippen LogP contribution in [0.3, 0.4) is 0 Å². The van der Waals surface area contributed by atoms with E-state index in [4.69, 9.17) is 9.47 Å². The van der Waals surface area contributed by atoms with Crippen LogP contribution in [0.4, 0.5) is 4.79 Å². The van der Waals surface area contributed by atoms with E-state index in [2.05, 4.69) is 34.3 Å². The first-order valence-corrected chi connectivity index (χ1v) is 14.4. The van der Waals surface area contributed by atoms with Crippen LogP contribution in [0.15, 0.2) is 0 Å². The summed E-state index contributed by atoms with van der Waals surface area (Å²) in [6, 6.07) is 0. The van der Waals surface area contributed by atoms with Crippen LogP contribution >= 0.6 is 0 Å². The van der Waals surface area contributed by atoms with Gasteiger partial charge in [-0.2, -0.15) is 0 Å². The molecule has 0 aliphatic heterocycles. The van der Waals surface area contributed by atoms with Gasteiger partial charge in [-0.05, 0) is 95.3 Å². The molecule has 0 aromatic carbocycles. The van der Waals surface area contributed by atoms with Crippen LogP contribution in [0.2, 0.25) is 0 Å². The molecule has 0 unspecified atom stereocenters. The average molecular weight is 511 g/mol. The smallest absolute Gasteiger partial charge is 0.407 e. The molecule has 6 atom stereocenters. The molecule has 4 rings (SSSR count). The van der Waals surface area contributed by atoms with E-state index in [1.165, 1.54) is 0 Å². The minimum absolute atomic E-state index is 0.114. The molecule has 4 aliphatic carbocycles. The van der Waals surface area contributed by atoms with Crippen LogP contribution in [-0.4, -0.2) is 42.9 Å². The third kappa shape index (κ3) is 8.41. The number of hydrogen-bond acceptors (Lipinski definition) is 4. The van der Waals surface area contributed by atoms with Crippen molar-refractivity contribution in [2.45, 2.75) is 103 Å². The SMILES string of the molecule is CC(C)(COC(C)(C)CCNC(=O)OC[C@@H]1[C@@H]2CCC#CCC[C@@H]21)NC(=O)C[C@@H]1[C@@H]2CCC#CCC[C@@H]21. The number of carbonyl (C=O) groups excluding carboxylic acids is 2. The number of hydrogen-bond donors (Lipinski definition) is 2. The largest absolute Gasteiger partial charge is 0.449 e. The molecule has 0 spiro atoms. The quantitative estimate of drug-likeness (QED) is 0.381. The standard InChI is InChI=1S/C31H46N2O4/c1-30(2,33-28(34)19-26-22-13-9-5-6-10-14-23(22)26)21-37-31(3,4)17-18-32-29(35)36-20-27-24-15-11-7-8-12-16-25(24)27/h22-27H,9-21H2,1-4H3,(H,32,35)(H,33,34)/t22-,23+,24-,25+,26-,27-. The zero-order chi connectivity index (χ0) is 26.5. The first-order chi connectivity index (χ1) is 17.7. The maximum absolute atomic E-state index is 12.8. The molecule has 6 heteroatoms. The van der Waals surface area contributed by atoms with Gasteiger partial charge in [0.2, 0.25) is 5.91 Å². The highest BCUT2D eigenvalue weighted by atomic mass is 16.5. The Hall–Kier alpha value is -2.18. The number of amides is 2. The number of alkyl carbamates (subject to hydrolysis) is 1. The normalized spacial score (nSPS) is 30.2. The van der Waals surface area contributed by atoms with Crippen molar-refractivity contribution in [3.05, 3.63) is 0 Å². The van der Waals surface area contributed by atoms with E-state index in [0.29, 0.717) is 68.1 Å². The van der Waals surface area contributed by atoms with Gasteiger partial charge >= 0.3 is 6.09 Å². The first-order valence-electron chi connectivity index (χ1n) is 14.4. The van der Waals surface area contributed by atoms with Gasteiger partial charge < -0.3 is 20.1 Å². The molecule has 6 nitrogen and oxygen atoms in total. The highest BCUT2D eigenvalue weighted by Gasteiger charge is 2.50. The Kier molecular flexibility index (Phi) is 9.12. The Bertz CT molecular complexity index is 914. The molecule has 37 heavy (non-hydrogen) atoms. The van der Waals surface area contributed by atoms with E-state index in [1.807, 2.05) is 27.7 Å². The lowest BCUT2D eigenvalue weighted by Gasteiger charge is -2.32. The Balaban J connectivity index is 1.08. The van der Waals surface area contributed by atoms with E-state index in [1.54, 1.807) is 0 Å². The van der Waals surface area contributed by atoms with Crippen LogP contribution in [0.1, 0.15) is 91.9 Å². The van der Waals surface area contributed by atoms with Crippen LogP contribution in [-0.2, 0) is 14.3 Å². The fourth-order valence-electron chi connectivity index (χ4n) is 6.44. The van der Waals surface area contributed by atoms with Gasteiger partial charge in [0.1, 0.15) is 0 Å². The van der Waals surface area contributed by atoms with Crippen molar-refractivity contribution in [2.24, 2.45) is 35.5 Å². The molecular weight excluding hydrogens is 464 g/mol. The third-order valence-electron chi connectivity index (χ3n) is 8.80. The second kappa shape index (κ2) is 12.1. The van der Waals surface area contributed by atoms with Crippen molar-refractivity contribution in [1.29, 1.82) is 0 Å². The summed E-state index contributed by atoms with van der Waals surface area (Å²) in [7, 11) is 0. The van der Waals surface area contributed by atoms with E-state index < -0.39 is 11.1 Å². The lowest BCUT2D eigenvalue weighted by molar-refractivity contribution is -0.125. The molecule has 0 bridgehead atoms. The number of fused-ring (bicyclic) bond motifs is 2. The van der Waals surface area contributed by atoms with Gasteiger partial charge in [-0.25, -0.2) is 4.79 Å². The Morgan fingerprint density at radius 3 is 1.86 bits per heavy atom. The van der Waals surface area contributed by atoms with Crippen molar-refractivity contribution < 1.29 is 19.1 Å². The topological polar surface area (TPSA) is 76.7 Å². The van der Waals surface area contributed by atoms with E-state index in [-0.39, 0.29) is 12.0 Å². The van der Waals surface area contributed by atoms with E-state index >= 15 is 0 Å². The molecule has 2 amide bonds. The van der Waals surface area contributed by atoms with E-state index in [9.17, 15) is 9.59 Å². The van der Waals surface area contributed by atoms with Crippen LogP contribution in [0.25, 0.3) is 0 Å². The molecule has 2 fully saturated rings. The van der Waals surface area contributed by atoms with Crippen LogP contribution < -0.4 is 10.6 Å². The van der Waals surface area contributed by atoms with Crippen molar-refractivity contribution in [2.75, 3.05) is 19.8 Å². The molecule has 0 aromatic rings. The predicted octanol–water partition coefficient (Wildman–Crippen LogP) is 5.06. The molecule has 2 N–H and O–H groups in total. The van der Waals surface area contributed by atoms with Gasteiger partial charge in [0, 0.05) is 38.6 Å². The van der Waals surface area contributed by atoms with Gasteiger partial charge in [0.05, 0.1) is 24.4 Å². The fourth-order valence-corrected chi connectivity index (χ4v) is 6.44. The zero-order valence-corrected chi connectivity index (χ0v) is 23.3. The number of rotatable bonds is 11. The number of carbonyl (C=O) groups is 2. The predicted molar refractivity (Wildman–Crippen MR) is 144 cm³/mol. The minimum atomic E-state index is -0.457. The lowest BCUT2D eigenvalue weighted by atomic mass is 10.0. The third-order valence-corrected chi connectivity index (χ3v) is 8.80. The van der Waals surface area contributed by atoms with Crippen molar-refractivity contribution in [3.8, 4) is 23.7 Å². The number of ether oxygens (including phenoxy) is 2. The Morgan fingerprint density at radius 1 is 0.811 bits per heavy atom. The zero-order valence-electron chi connectivity index (χ0n) is 23.3. The summed E-state index contributed by atoms with van der Waals surface area (Å²) < 4.78 is 11.7. The molecular formula is C31H46N2O4. The van der Waals surface area contributed by atoms with Crippen molar-refractivity contribution in [3.63, 3.8) is 0 Å². The summed E-state index contributed by atoms with van der Waals surface area (Å²) in [4.78, 5) is 25.0. The summed E-state index contributed by atoms with van der Waals surface area (Å²) >= 11 is 0. The van der Waals surface area contributed by atoms with E-state index in [0.717, 1.165) is 51.4 Å². The second-order valence-corrected chi connectivity index (χ2v) is 12.8. The first kappa shape index (κ1) is 27.8. The minimum Gasteiger partial charge on any atom is -0.449 e. The fraction of sp³-hybridized carbons (Fsp3) is 0.806. The molecule has 0 radical (unpaired) electrons. The van der Waals surface area contributed by atoms with Gasteiger partial charge in [-0.1, -0.05) is 0 Å². The molecule has 204 valence electrons. The van der Waals surface area contributed by atoms with Crippen LogP contribution in [0.5, 0.6) is 0 Å². The summed E-state index contributed by atoms with van der Waals surface area (Å²) in [5, 5.41) is 6.06. The summed E-state index contributed by atoms with van der Waals surface area (Å²) in [5.41, 5.74) is -0.888. The maximum atomic E-state index is 12.8. The van der Waals surface area contributed by atoms with Crippen molar-refractivity contribution >= 4 is 12.0 Å². The second-order valence-electron chi connectivity index (χ2n) is 12.8. The number of nitrogens with one attached hydrogen (secondary N) is 2. The summed E-state index contributed by atoms with van der Waals surface area (Å²) in [6.45, 7) is 9.45. The highest BCUT2D eigenvalue weighted by Crippen LogP contribution is 2.54. The monoisotopic (exact) mass is 510 g/mol. The van der Waals surface area contributed by atoms with Gasteiger partial charge in [-0.3, -0.25) is 4.79 Å².